The first-order chi connectivity index (χ1) is 12.6. The highest BCUT2D eigenvalue weighted by Crippen LogP contribution is 2.35. The third-order valence-corrected chi connectivity index (χ3v) is 4.76. The van der Waals surface area contributed by atoms with Crippen LogP contribution in [0.25, 0.3) is 0 Å². The Balaban J connectivity index is 1.63. The van der Waals surface area contributed by atoms with E-state index in [0.717, 1.165) is 11.1 Å². The lowest BCUT2D eigenvalue weighted by Gasteiger charge is -2.16. The number of halogens is 2. The van der Waals surface area contributed by atoms with Crippen molar-refractivity contribution in [1.29, 1.82) is 0 Å². The maximum Gasteiger partial charge on any atom is 0.156 e. The summed E-state index contributed by atoms with van der Waals surface area (Å²) < 4.78 is 5.82. The third kappa shape index (κ3) is 5.01. The number of hydrogen-bond acceptors (Lipinski definition) is 2. The summed E-state index contributed by atoms with van der Waals surface area (Å²) in [5, 5.41) is 4.54. The van der Waals surface area contributed by atoms with Crippen molar-refractivity contribution in [3.8, 4) is 5.75 Å². The van der Waals surface area contributed by atoms with E-state index in [2.05, 4.69) is 24.4 Å². The second kappa shape index (κ2) is 9.09. The molecule has 3 aromatic carbocycles. The molecule has 0 amide bonds. The molecule has 0 aliphatic carbocycles. The molecule has 26 heavy (non-hydrogen) atoms. The van der Waals surface area contributed by atoms with E-state index in [-0.39, 0.29) is 6.04 Å². The topological polar surface area (TPSA) is 21.3 Å². The van der Waals surface area contributed by atoms with Crippen LogP contribution in [0.3, 0.4) is 0 Å². The van der Waals surface area contributed by atoms with Crippen LogP contribution in [0.4, 0.5) is 0 Å². The zero-order chi connectivity index (χ0) is 18.4. The Morgan fingerprint density at radius 3 is 2.04 bits per heavy atom. The van der Waals surface area contributed by atoms with Crippen molar-refractivity contribution in [1.82, 2.24) is 5.32 Å². The van der Waals surface area contributed by atoms with Crippen molar-refractivity contribution in [2.75, 3.05) is 0 Å². The van der Waals surface area contributed by atoms with E-state index in [1.807, 2.05) is 60.7 Å². The molecule has 0 heterocycles. The predicted octanol–water partition coefficient (Wildman–Crippen LogP) is 6.42. The third-order valence-electron chi connectivity index (χ3n) is 4.20. The molecule has 0 bridgehead atoms. The molecule has 0 aliphatic rings. The van der Waals surface area contributed by atoms with Gasteiger partial charge >= 0.3 is 0 Å². The molecule has 0 unspecified atom stereocenters. The molecule has 3 rings (SSSR count). The van der Waals surface area contributed by atoms with Crippen LogP contribution < -0.4 is 10.1 Å². The van der Waals surface area contributed by atoms with Crippen molar-refractivity contribution in [2.45, 2.75) is 26.1 Å². The Morgan fingerprint density at radius 2 is 1.42 bits per heavy atom. The van der Waals surface area contributed by atoms with Crippen molar-refractivity contribution in [3.63, 3.8) is 0 Å². The summed E-state index contributed by atoms with van der Waals surface area (Å²) in [4.78, 5) is 0. The Hall–Kier alpha value is -2.00. The van der Waals surface area contributed by atoms with E-state index >= 15 is 0 Å². The fourth-order valence-corrected chi connectivity index (χ4v) is 3.35. The van der Waals surface area contributed by atoms with Gasteiger partial charge in [-0.15, -0.1) is 0 Å². The van der Waals surface area contributed by atoms with Gasteiger partial charge in [0.15, 0.2) is 5.75 Å². The molecule has 0 radical (unpaired) electrons. The van der Waals surface area contributed by atoms with Crippen LogP contribution >= 0.6 is 23.2 Å². The summed E-state index contributed by atoms with van der Waals surface area (Å²) in [5.41, 5.74) is 3.34. The molecule has 134 valence electrons. The van der Waals surface area contributed by atoms with Crippen LogP contribution in [0.5, 0.6) is 5.75 Å². The second-order valence-corrected chi connectivity index (χ2v) is 6.99. The fourth-order valence-electron chi connectivity index (χ4n) is 2.71. The molecule has 0 aliphatic heterocycles. The molecule has 2 nitrogen and oxygen atoms in total. The van der Waals surface area contributed by atoms with Gasteiger partial charge in [-0.25, -0.2) is 0 Å². The largest absolute Gasteiger partial charge is 0.486 e. The number of nitrogens with one attached hydrogen (secondary N) is 1. The van der Waals surface area contributed by atoms with Crippen molar-refractivity contribution >= 4 is 23.2 Å². The molecular weight excluding hydrogens is 365 g/mol. The minimum Gasteiger partial charge on any atom is -0.486 e. The van der Waals surface area contributed by atoms with Gasteiger partial charge in [0.1, 0.15) is 6.61 Å². The zero-order valence-corrected chi connectivity index (χ0v) is 16.1. The fraction of sp³-hybridized carbons (Fsp3) is 0.182. The Labute approximate surface area is 164 Å². The van der Waals surface area contributed by atoms with Gasteiger partial charge in [-0.2, -0.15) is 0 Å². The van der Waals surface area contributed by atoms with Crippen LogP contribution in [0.15, 0.2) is 72.8 Å². The Bertz CT molecular complexity index is 814. The summed E-state index contributed by atoms with van der Waals surface area (Å²) in [6, 6.07) is 24.3. The first-order valence-corrected chi connectivity index (χ1v) is 9.32. The van der Waals surface area contributed by atoms with Gasteiger partial charge in [-0.3, -0.25) is 0 Å². The van der Waals surface area contributed by atoms with Gasteiger partial charge in [0.25, 0.3) is 0 Å². The maximum atomic E-state index is 6.40. The van der Waals surface area contributed by atoms with E-state index in [4.69, 9.17) is 27.9 Å². The van der Waals surface area contributed by atoms with Crippen LogP contribution in [0, 0.1) is 0 Å². The quantitative estimate of drug-likeness (QED) is 0.506. The lowest BCUT2D eigenvalue weighted by Crippen LogP contribution is -2.18. The minimum absolute atomic E-state index is 0.239. The molecule has 0 saturated carbocycles. The number of benzene rings is 3. The second-order valence-electron chi connectivity index (χ2n) is 6.18. The Morgan fingerprint density at radius 1 is 0.846 bits per heavy atom. The van der Waals surface area contributed by atoms with Gasteiger partial charge < -0.3 is 10.1 Å². The number of rotatable bonds is 7. The molecule has 0 spiro atoms. The van der Waals surface area contributed by atoms with Gasteiger partial charge in [0.2, 0.25) is 0 Å². The lowest BCUT2D eigenvalue weighted by atomic mass is 10.1. The summed E-state index contributed by atoms with van der Waals surface area (Å²) in [6.07, 6.45) is 0. The molecule has 1 N–H and O–H groups in total. The normalized spacial score (nSPS) is 12.0. The lowest BCUT2D eigenvalue weighted by molar-refractivity contribution is 0.306. The molecular formula is C22H21Cl2NO. The van der Waals surface area contributed by atoms with Gasteiger partial charge in [-0.1, -0.05) is 83.9 Å². The average Bonchev–Trinajstić information content (AvgIpc) is 2.67. The molecule has 0 saturated heterocycles. The highest BCUT2D eigenvalue weighted by atomic mass is 35.5. The van der Waals surface area contributed by atoms with Gasteiger partial charge in [0.05, 0.1) is 10.0 Å². The summed E-state index contributed by atoms with van der Waals surface area (Å²) in [6.45, 7) is 3.24. The van der Waals surface area contributed by atoms with E-state index in [1.54, 1.807) is 0 Å². The number of ether oxygens (including phenoxy) is 1. The van der Waals surface area contributed by atoms with Gasteiger partial charge in [-0.05, 0) is 35.7 Å². The molecule has 0 fully saturated rings. The molecule has 1 atom stereocenters. The Kier molecular flexibility index (Phi) is 6.56. The minimum atomic E-state index is 0.239. The zero-order valence-electron chi connectivity index (χ0n) is 14.6. The van der Waals surface area contributed by atoms with Crippen LogP contribution in [-0.4, -0.2) is 0 Å². The molecule has 3 aromatic rings. The van der Waals surface area contributed by atoms with Crippen molar-refractivity contribution in [3.05, 3.63) is 99.5 Å². The first-order valence-electron chi connectivity index (χ1n) is 8.56. The van der Waals surface area contributed by atoms with Crippen LogP contribution in [-0.2, 0) is 13.2 Å². The smallest absolute Gasteiger partial charge is 0.156 e. The van der Waals surface area contributed by atoms with Crippen LogP contribution in [0.1, 0.15) is 29.7 Å². The van der Waals surface area contributed by atoms with Crippen LogP contribution in [0.2, 0.25) is 10.0 Å². The van der Waals surface area contributed by atoms with E-state index in [0.29, 0.717) is 28.9 Å². The number of hydrogen-bond donors (Lipinski definition) is 1. The van der Waals surface area contributed by atoms with E-state index < -0.39 is 0 Å². The standard InChI is InChI=1S/C22H21Cl2NO/c1-16(19-10-6-3-7-11-19)25-14-18-12-20(23)22(21(24)13-18)26-15-17-8-4-2-5-9-17/h2-13,16,25H,14-15H2,1H3/t16-/m1/s1. The van der Waals surface area contributed by atoms with E-state index in [1.165, 1.54) is 5.56 Å². The highest BCUT2D eigenvalue weighted by Gasteiger charge is 2.11. The average molecular weight is 386 g/mol. The molecule has 0 aromatic heterocycles. The van der Waals surface area contributed by atoms with Gasteiger partial charge in [0, 0.05) is 12.6 Å². The highest BCUT2D eigenvalue weighted by molar-refractivity contribution is 6.37. The molecule has 4 heteroatoms. The first kappa shape index (κ1) is 18.8. The maximum absolute atomic E-state index is 6.40. The van der Waals surface area contributed by atoms with Crippen molar-refractivity contribution in [2.24, 2.45) is 0 Å². The monoisotopic (exact) mass is 385 g/mol. The van der Waals surface area contributed by atoms with Crippen molar-refractivity contribution < 1.29 is 4.74 Å². The predicted molar refractivity (Wildman–Crippen MR) is 109 cm³/mol. The summed E-state index contributed by atoms with van der Waals surface area (Å²) >= 11 is 12.8. The van der Waals surface area contributed by atoms with E-state index in [9.17, 15) is 0 Å². The summed E-state index contributed by atoms with van der Waals surface area (Å²) in [7, 11) is 0. The summed E-state index contributed by atoms with van der Waals surface area (Å²) in [5.74, 6) is 0.525. The SMILES string of the molecule is C[C@@H](NCc1cc(Cl)c(OCc2ccccc2)c(Cl)c1)c1ccccc1.